The number of carbonyl (C=O) groups excluding carboxylic acids is 1. The van der Waals surface area contributed by atoms with E-state index in [1.54, 1.807) is 12.1 Å². The number of esters is 1. The quantitative estimate of drug-likeness (QED) is 0.763. The number of nitrogens with zero attached hydrogens (tertiary/aromatic N) is 1. The molecule has 4 nitrogen and oxygen atoms in total. The van der Waals surface area contributed by atoms with Crippen LogP contribution >= 0.6 is 0 Å². The van der Waals surface area contributed by atoms with Crippen molar-refractivity contribution in [3.05, 3.63) is 30.1 Å². The second-order valence-electron chi connectivity index (χ2n) is 4.52. The van der Waals surface area contributed by atoms with Gasteiger partial charge in [0.1, 0.15) is 24.2 Å². The van der Waals surface area contributed by atoms with E-state index in [4.69, 9.17) is 9.47 Å². The van der Waals surface area contributed by atoms with Gasteiger partial charge in [0.05, 0.1) is 7.11 Å². The molecule has 1 heterocycles. The van der Waals surface area contributed by atoms with Crippen LogP contribution in [0.1, 0.15) is 12.8 Å². The second-order valence-corrected chi connectivity index (χ2v) is 4.52. The van der Waals surface area contributed by atoms with Crippen LogP contribution in [0.3, 0.4) is 0 Å². The highest BCUT2D eigenvalue weighted by atomic mass is 19.1. The molecule has 1 unspecified atom stereocenters. The summed E-state index contributed by atoms with van der Waals surface area (Å²) in [6, 6.07) is 5.76. The van der Waals surface area contributed by atoms with E-state index in [1.807, 2.05) is 0 Å². The maximum Gasteiger partial charge on any atom is 0.323 e. The third-order valence-corrected chi connectivity index (χ3v) is 3.30. The number of hydrogen-bond donors (Lipinski definition) is 0. The SMILES string of the molecule is COC(=O)C1CCCN1CCOc1ccc(F)cc1. The predicted octanol–water partition coefficient (Wildman–Crippen LogP) is 1.84. The lowest BCUT2D eigenvalue weighted by atomic mass is 10.2. The Morgan fingerprint density at radius 3 is 2.84 bits per heavy atom. The van der Waals surface area contributed by atoms with Gasteiger partial charge in [0.2, 0.25) is 0 Å². The topological polar surface area (TPSA) is 38.8 Å². The molecule has 0 spiro atoms. The number of rotatable bonds is 5. The highest BCUT2D eigenvalue weighted by molar-refractivity contribution is 5.75. The van der Waals surface area contributed by atoms with Crippen LogP contribution in [0.25, 0.3) is 0 Å². The molecule has 1 fully saturated rings. The first kappa shape index (κ1) is 13.8. The average molecular weight is 267 g/mol. The first-order valence-electron chi connectivity index (χ1n) is 6.41. The third kappa shape index (κ3) is 3.67. The van der Waals surface area contributed by atoms with Crippen molar-refractivity contribution in [1.29, 1.82) is 0 Å². The second kappa shape index (κ2) is 6.52. The van der Waals surface area contributed by atoms with Crippen LogP contribution in [-0.2, 0) is 9.53 Å². The summed E-state index contributed by atoms with van der Waals surface area (Å²) in [5.74, 6) is 0.173. The first-order chi connectivity index (χ1) is 9.20. The fourth-order valence-electron chi connectivity index (χ4n) is 2.31. The average Bonchev–Trinajstić information content (AvgIpc) is 2.88. The van der Waals surface area contributed by atoms with Gasteiger partial charge in [0.25, 0.3) is 0 Å². The summed E-state index contributed by atoms with van der Waals surface area (Å²) in [5, 5.41) is 0. The van der Waals surface area contributed by atoms with E-state index in [1.165, 1.54) is 19.2 Å². The lowest BCUT2D eigenvalue weighted by Crippen LogP contribution is -2.39. The molecule has 19 heavy (non-hydrogen) atoms. The molecule has 104 valence electrons. The Bertz CT molecular complexity index is 421. The van der Waals surface area contributed by atoms with Crippen LogP contribution in [-0.4, -0.2) is 43.7 Å². The maximum atomic E-state index is 12.7. The molecule has 1 aromatic rings. The van der Waals surface area contributed by atoms with Gasteiger partial charge >= 0.3 is 5.97 Å². The van der Waals surface area contributed by atoms with Crippen LogP contribution in [0.15, 0.2) is 24.3 Å². The Morgan fingerprint density at radius 2 is 2.16 bits per heavy atom. The van der Waals surface area contributed by atoms with Gasteiger partial charge < -0.3 is 9.47 Å². The summed E-state index contributed by atoms with van der Waals surface area (Å²) >= 11 is 0. The van der Waals surface area contributed by atoms with Crippen molar-refractivity contribution in [2.45, 2.75) is 18.9 Å². The smallest absolute Gasteiger partial charge is 0.323 e. The zero-order valence-electron chi connectivity index (χ0n) is 11.0. The standard InChI is InChI=1S/C14H18FNO3/c1-18-14(17)13-3-2-8-16(13)9-10-19-12-6-4-11(15)5-7-12/h4-7,13H,2-3,8-10H2,1H3. The molecular formula is C14H18FNO3. The van der Waals surface area contributed by atoms with Crippen molar-refractivity contribution in [2.24, 2.45) is 0 Å². The summed E-state index contributed by atoms with van der Waals surface area (Å²) in [4.78, 5) is 13.6. The Hall–Kier alpha value is -1.62. The molecule has 0 saturated carbocycles. The van der Waals surface area contributed by atoms with E-state index < -0.39 is 0 Å². The lowest BCUT2D eigenvalue weighted by molar-refractivity contribution is -0.145. The number of ether oxygens (including phenoxy) is 2. The van der Waals surface area contributed by atoms with E-state index in [0.29, 0.717) is 18.9 Å². The van der Waals surface area contributed by atoms with Gasteiger partial charge in [0, 0.05) is 6.54 Å². The fourth-order valence-corrected chi connectivity index (χ4v) is 2.31. The van der Waals surface area contributed by atoms with Crippen LogP contribution in [0.5, 0.6) is 5.75 Å². The van der Waals surface area contributed by atoms with Crippen LogP contribution in [0.4, 0.5) is 4.39 Å². The lowest BCUT2D eigenvalue weighted by Gasteiger charge is -2.22. The maximum absolute atomic E-state index is 12.7. The zero-order chi connectivity index (χ0) is 13.7. The zero-order valence-corrected chi connectivity index (χ0v) is 11.0. The molecule has 0 aliphatic carbocycles. The van der Waals surface area contributed by atoms with Crippen molar-refractivity contribution >= 4 is 5.97 Å². The Labute approximate surface area is 112 Å². The Morgan fingerprint density at radius 1 is 1.42 bits per heavy atom. The molecule has 5 heteroatoms. The van der Waals surface area contributed by atoms with E-state index in [9.17, 15) is 9.18 Å². The van der Waals surface area contributed by atoms with Gasteiger partial charge in [-0.25, -0.2) is 4.39 Å². The van der Waals surface area contributed by atoms with E-state index in [-0.39, 0.29) is 17.8 Å². The largest absolute Gasteiger partial charge is 0.492 e. The first-order valence-corrected chi connectivity index (χ1v) is 6.41. The Kier molecular flexibility index (Phi) is 4.74. The van der Waals surface area contributed by atoms with Gasteiger partial charge in [0.15, 0.2) is 0 Å². The van der Waals surface area contributed by atoms with E-state index in [0.717, 1.165) is 19.4 Å². The number of methoxy groups -OCH3 is 1. The minimum absolute atomic E-state index is 0.151. The summed E-state index contributed by atoms with van der Waals surface area (Å²) in [6.45, 7) is 2.02. The van der Waals surface area contributed by atoms with E-state index >= 15 is 0 Å². The number of benzene rings is 1. The highest BCUT2D eigenvalue weighted by Crippen LogP contribution is 2.18. The highest BCUT2D eigenvalue weighted by Gasteiger charge is 2.30. The summed E-state index contributed by atoms with van der Waals surface area (Å²) in [5.41, 5.74) is 0. The molecule has 0 radical (unpaired) electrons. The van der Waals surface area contributed by atoms with Crippen molar-refractivity contribution < 1.29 is 18.7 Å². The molecule has 1 atom stereocenters. The number of carbonyl (C=O) groups is 1. The molecule has 2 rings (SSSR count). The van der Waals surface area contributed by atoms with Gasteiger partial charge in [-0.2, -0.15) is 0 Å². The molecule has 0 bridgehead atoms. The van der Waals surface area contributed by atoms with Crippen molar-refractivity contribution in [1.82, 2.24) is 4.90 Å². The number of halogens is 1. The molecule has 1 aliphatic heterocycles. The summed E-state index contributed by atoms with van der Waals surface area (Å²) in [6.07, 6.45) is 1.83. The molecule has 1 aromatic carbocycles. The number of likely N-dealkylation sites (tertiary alicyclic amines) is 1. The molecule has 1 aliphatic rings. The predicted molar refractivity (Wildman–Crippen MR) is 68.5 cm³/mol. The molecule has 0 N–H and O–H groups in total. The van der Waals surface area contributed by atoms with Gasteiger partial charge in [-0.05, 0) is 43.7 Å². The summed E-state index contributed by atoms with van der Waals surface area (Å²) in [7, 11) is 1.41. The summed E-state index contributed by atoms with van der Waals surface area (Å²) < 4.78 is 23.0. The minimum atomic E-state index is -0.280. The van der Waals surface area contributed by atoms with E-state index in [2.05, 4.69) is 4.90 Å². The monoisotopic (exact) mass is 267 g/mol. The molecule has 1 saturated heterocycles. The van der Waals surface area contributed by atoms with Gasteiger partial charge in [-0.1, -0.05) is 0 Å². The van der Waals surface area contributed by atoms with Crippen molar-refractivity contribution in [3.63, 3.8) is 0 Å². The van der Waals surface area contributed by atoms with Crippen LogP contribution in [0, 0.1) is 5.82 Å². The van der Waals surface area contributed by atoms with Gasteiger partial charge in [-0.15, -0.1) is 0 Å². The van der Waals surface area contributed by atoms with Crippen molar-refractivity contribution in [2.75, 3.05) is 26.8 Å². The van der Waals surface area contributed by atoms with Crippen LogP contribution < -0.4 is 4.74 Å². The van der Waals surface area contributed by atoms with Crippen LogP contribution in [0.2, 0.25) is 0 Å². The number of hydrogen-bond acceptors (Lipinski definition) is 4. The molecular weight excluding hydrogens is 249 g/mol. The fraction of sp³-hybridized carbons (Fsp3) is 0.500. The van der Waals surface area contributed by atoms with Crippen molar-refractivity contribution in [3.8, 4) is 5.75 Å². The Balaban J connectivity index is 1.78. The minimum Gasteiger partial charge on any atom is -0.492 e. The molecule has 0 amide bonds. The van der Waals surface area contributed by atoms with Gasteiger partial charge in [-0.3, -0.25) is 9.69 Å². The third-order valence-electron chi connectivity index (χ3n) is 3.30. The molecule has 0 aromatic heterocycles. The normalized spacial score (nSPS) is 19.4.